The number of rotatable bonds is 14. The number of carbonyl (C=O) groups is 1. The molecule has 0 aromatic heterocycles. The molecule has 0 radical (unpaired) electrons. The second-order valence-corrected chi connectivity index (χ2v) is 20.2. The first kappa shape index (κ1) is 40.9. The van der Waals surface area contributed by atoms with Crippen molar-refractivity contribution in [3.05, 3.63) is 70.1 Å². The fourth-order valence-electron chi connectivity index (χ4n) is 9.57. The van der Waals surface area contributed by atoms with E-state index in [0.29, 0.717) is 69.3 Å². The number of Topliss-reactive ketones (excluding diaryl/α,β-unsaturated/α-hetero) is 1. The fourth-order valence-corrected chi connectivity index (χ4v) is 11.6. The van der Waals surface area contributed by atoms with Crippen LogP contribution in [0.3, 0.4) is 0 Å². The van der Waals surface area contributed by atoms with Gasteiger partial charge in [0.1, 0.15) is 22.0 Å². The maximum absolute atomic E-state index is 14.4. The molecule has 0 bridgehead atoms. The van der Waals surface area contributed by atoms with E-state index in [4.69, 9.17) is 0 Å². The van der Waals surface area contributed by atoms with Crippen LogP contribution in [0.2, 0.25) is 0 Å². The van der Waals surface area contributed by atoms with Crippen LogP contribution in [0.5, 0.6) is 0 Å². The Kier molecular flexibility index (Phi) is 10.2. The summed E-state index contributed by atoms with van der Waals surface area (Å²) in [5, 5.41) is 47.3. The van der Waals surface area contributed by atoms with Crippen LogP contribution in [-0.4, -0.2) is 107 Å². The van der Waals surface area contributed by atoms with E-state index in [2.05, 4.69) is 9.37 Å². The Morgan fingerprint density at radius 1 is 0.946 bits per heavy atom. The highest BCUT2D eigenvalue weighted by molar-refractivity contribution is 7.94. The molecule has 2 aliphatic heterocycles. The van der Waals surface area contributed by atoms with Crippen molar-refractivity contribution in [1.29, 1.82) is 0 Å². The van der Waals surface area contributed by atoms with Crippen molar-refractivity contribution in [2.75, 3.05) is 29.5 Å². The Labute approximate surface area is 326 Å². The third kappa shape index (κ3) is 6.91. The van der Waals surface area contributed by atoms with Crippen LogP contribution in [0.4, 0.5) is 11.4 Å². The molecule has 2 heterocycles. The second kappa shape index (κ2) is 13.9. The SMILES string of the molecule is CC12CCC(C3=C(O)C(C4CCC5(C)C4=[N+](CC(O)CS(=O)(=O)[O-])c4ccc(SOO[O-])cc45)C3=O)=C1N(CC(O)CS(=O)(=O)[O-])c1ccc(S(=O)(=O)[O-])cc12. The van der Waals surface area contributed by atoms with Crippen molar-refractivity contribution in [3.63, 3.8) is 0 Å². The van der Waals surface area contributed by atoms with Crippen LogP contribution in [0.15, 0.2) is 68.8 Å². The van der Waals surface area contributed by atoms with Gasteiger partial charge in [0.05, 0.1) is 77.6 Å². The van der Waals surface area contributed by atoms with Crippen LogP contribution < -0.4 is 10.2 Å². The molecule has 0 amide bonds. The predicted molar refractivity (Wildman–Crippen MR) is 189 cm³/mol. The topological polar surface area (TPSA) is 297 Å². The van der Waals surface area contributed by atoms with E-state index in [1.807, 2.05) is 6.92 Å². The molecule has 1 fully saturated rings. The number of hydrogen-bond donors (Lipinski definition) is 3. The average molecular weight is 856 g/mol. The maximum atomic E-state index is 14.4. The number of ketones is 1. The molecule has 3 N–H and O–H groups in total. The Balaban J connectivity index is 1.32. The monoisotopic (exact) mass is 855 g/mol. The summed E-state index contributed by atoms with van der Waals surface area (Å²) >= 11 is 0.642. The normalized spacial score (nSPS) is 27.1. The molecular formula is C34H35N2O16S4-3. The van der Waals surface area contributed by atoms with Crippen molar-refractivity contribution in [2.45, 2.75) is 72.4 Å². The zero-order valence-corrected chi connectivity index (χ0v) is 32.9. The summed E-state index contributed by atoms with van der Waals surface area (Å²) in [6.07, 6.45) is -2.12. The number of β-amino-alcohol motifs (C(OH)–C–C–N with tert-alkyl or cyclic N) is 2. The molecule has 2 aromatic carbocycles. The smallest absolute Gasteiger partial charge is 0.209 e. The molecule has 22 heteroatoms. The van der Waals surface area contributed by atoms with Crippen molar-refractivity contribution in [2.24, 2.45) is 11.8 Å². The summed E-state index contributed by atoms with van der Waals surface area (Å²) < 4.78 is 111. The molecule has 5 aliphatic rings. The Morgan fingerprint density at radius 3 is 2.25 bits per heavy atom. The van der Waals surface area contributed by atoms with Gasteiger partial charge < -0.3 is 39.1 Å². The number of fused-ring (bicyclic) bond motifs is 6. The molecule has 6 unspecified atom stereocenters. The van der Waals surface area contributed by atoms with E-state index in [0.717, 1.165) is 6.07 Å². The molecule has 0 saturated heterocycles. The van der Waals surface area contributed by atoms with Gasteiger partial charge in [-0.3, -0.25) is 9.83 Å². The highest BCUT2D eigenvalue weighted by atomic mass is 32.2. The lowest BCUT2D eigenvalue weighted by molar-refractivity contribution is -0.777. The fraction of sp³-hybridized carbons (Fsp3) is 0.471. The molecule has 18 nitrogen and oxygen atoms in total. The van der Waals surface area contributed by atoms with Crippen LogP contribution in [0, 0.1) is 11.8 Å². The summed E-state index contributed by atoms with van der Waals surface area (Å²) in [5.74, 6) is -4.75. The van der Waals surface area contributed by atoms with Crippen molar-refractivity contribution in [3.8, 4) is 0 Å². The molecule has 6 atom stereocenters. The lowest BCUT2D eigenvalue weighted by atomic mass is 9.68. The molecule has 3 aliphatic carbocycles. The van der Waals surface area contributed by atoms with Gasteiger partial charge >= 0.3 is 0 Å². The lowest BCUT2D eigenvalue weighted by Gasteiger charge is -2.35. The summed E-state index contributed by atoms with van der Waals surface area (Å²) in [4.78, 5) is 15.9. The minimum Gasteiger partial charge on any atom is -0.748 e. The molecule has 2 aromatic rings. The zero-order valence-electron chi connectivity index (χ0n) is 29.6. The Morgan fingerprint density at radius 2 is 1.62 bits per heavy atom. The molecule has 7 rings (SSSR count). The first-order valence-electron chi connectivity index (χ1n) is 17.2. The van der Waals surface area contributed by atoms with Crippen LogP contribution in [0.1, 0.15) is 50.7 Å². The zero-order chi connectivity index (χ0) is 40.9. The van der Waals surface area contributed by atoms with E-state index < -0.39 is 94.0 Å². The predicted octanol–water partition coefficient (Wildman–Crippen LogP) is 0.237. The summed E-state index contributed by atoms with van der Waals surface area (Å²) in [7, 11) is -14.6. The van der Waals surface area contributed by atoms with Crippen molar-refractivity contribution < 1.29 is 78.2 Å². The number of allylic oxidation sites excluding steroid dienone is 4. The number of aliphatic hydroxyl groups is 3. The van der Waals surface area contributed by atoms with Gasteiger partial charge in [0.15, 0.2) is 18.0 Å². The number of hydrogen-bond acceptors (Lipinski definition) is 18. The van der Waals surface area contributed by atoms with Crippen molar-refractivity contribution in [1.82, 2.24) is 0 Å². The van der Waals surface area contributed by atoms with Crippen molar-refractivity contribution >= 4 is 65.3 Å². The highest BCUT2D eigenvalue weighted by Crippen LogP contribution is 2.61. The van der Waals surface area contributed by atoms with Gasteiger partial charge in [0.25, 0.3) is 0 Å². The van der Waals surface area contributed by atoms with Crippen LogP contribution in [-0.2, 0) is 55.4 Å². The van der Waals surface area contributed by atoms with Gasteiger partial charge in [-0.2, -0.15) is 8.91 Å². The number of carbonyl (C=O) groups excluding carboxylic acids is 1. The Hall–Kier alpha value is -3.26. The number of anilines is 1. The van der Waals surface area contributed by atoms with Gasteiger partial charge in [0.2, 0.25) is 5.69 Å². The van der Waals surface area contributed by atoms with Gasteiger partial charge in [-0.15, -0.1) is 0 Å². The van der Waals surface area contributed by atoms with E-state index in [1.54, 1.807) is 29.7 Å². The van der Waals surface area contributed by atoms with Crippen LogP contribution >= 0.6 is 12.0 Å². The molecule has 304 valence electrons. The lowest BCUT2D eigenvalue weighted by Crippen LogP contribution is -2.44. The van der Waals surface area contributed by atoms with Crippen LogP contribution in [0.25, 0.3) is 0 Å². The summed E-state index contributed by atoms with van der Waals surface area (Å²) in [6.45, 7) is 2.80. The van der Waals surface area contributed by atoms with Gasteiger partial charge in [0, 0.05) is 39.9 Å². The largest absolute Gasteiger partial charge is 0.748 e. The van der Waals surface area contributed by atoms with E-state index >= 15 is 0 Å². The quantitative estimate of drug-likeness (QED) is 0.0753. The number of aliphatic hydroxyl groups excluding tert-OH is 3. The molecule has 56 heavy (non-hydrogen) atoms. The number of nitrogens with zero attached hydrogens (tertiary/aromatic N) is 2. The number of benzene rings is 2. The Bertz CT molecular complexity index is 2480. The second-order valence-electron chi connectivity index (χ2n) is 15.1. The van der Waals surface area contributed by atoms with E-state index in [-0.39, 0.29) is 30.7 Å². The van der Waals surface area contributed by atoms with E-state index in [9.17, 15) is 64.3 Å². The standard InChI is InChI=1S/C34H38N2O16S4/c1-33-9-7-21(31(33)35(13-17(37)15-54(42,43)44)25-5-3-19(11-23(25)33)53-52-51-41)27-29(39)28(30(27)40)22-8-10-34(2)24-12-20(56(48,49)50)4-6-26(24)36(32(22)34)14-18(38)16-55(45,46)47/h3-6,11-12,17-18,21,27,37-38H,7-10,13-16H2,1-2H3,(H4-,39,40,41,42,43,44,45,46,47,48,49,50)/p-3. The van der Waals surface area contributed by atoms with E-state index in [1.165, 1.54) is 17.0 Å². The molecular weight excluding hydrogens is 821 g/mol. The minimum atomic E-state index is -4.91. The van der Waals surface area contributed by atoms with Gasteiger partial charge in [-0.1, -0.05) is 0 Å². The minimum absolute atomic E-state index is 0.0312. The molecule has 0 spiro atoms. The van der Waals surface area contributed by atoms with Gasteiger partial charge in [-0.05, 0) is 81.0 Å². The molecule has 1 saturated carbocycles. The van der Waals surface area contributed by atoms with Gasteiger partial charge in [-0.25, -0.2) is 25.3 Å². The highest BCUT2D eigenvalue weighted by Gasteiger charge is 2.63. The first-order valence-corrected chi connectivity index (χ1v) is 22.5. The first-order chi connectivity index (χ1) is 26.0. The average Bonchev–Trinajstić information content (AvgIpc) is 3.73. The summed E-state index contributed by atoms with van der Waals surface area (Å²) in [6, 6.07) is 8.53. The third-order valence-corrected chi connectivity index (χ3v) is 14.6. The summed E-state index contributed by atoms with van der Waals surface area (Å²) in [5.41, 5.74) is 1.25. The maximum Gasteiger partial charge on any atom is 0.209 e. The third-order valence-electron chi connectivity index (χ3n) is 11.6.